The summed E-state index contributed by atoms with van der Waals surface area (Å²) in [6.07, 6.45) is 1.53. The Hall–Kier alpha value is -3.81. The summed E-state index contributed by atoms with van der Waals surface area (Å²) in [6.45, 7) is 3.85. The molecular formula is C23H20F2N4O2. The number of hydrogen-bond acceptors (Lipinski definition) is 4. The van der Waals surface area contributed by atoms with Crippen LogP contribution in [0.5, 0.6) is 0 Å². The predicted octanol–water partition coefficient (Wildman–Crippen LogP) is 4.99. The fourth-order valence-corrected chi connectivity index (χ4v) is 3.34. The van der Waals surface area contributed by atoms with E-state index in [0.29, 0.717) is 5.69 Å². The fraction of sp³-hybridized carbons (Fsp3) is 0.174. The lowest BCUT2D eigenvalue weighted by Gasteiger charge is -2.12. The highest BCUT2D eigenvalue weighted by molar-refractivity contribution is 5.92. The lowest BCUT2D eigenvalue weighted by molar-refractivity contribution is -0.116. The number of benzene rings is 2. The van der Waals surface area contributed by atoms with Crippen molar-refractivity contribution in [3.63, 3.8) is 0 Å². The molecule has 0 bridgehead atoms. The first-order valence-corrected chi connectivity index (χ1v) is 9.74. The zero-order valence-corrected chi connectivity index (χ0v) is 17.0. The monoisotopic (exact) mass is 422 g/mol. The first-order chi connectivity index (χ1) is 14.9. The van der Waals surface area contributed by atoms with Gasteiger partial charge in [0.2, 0.25) is 5.91 Å². The van der Waals surface area contributed by atoms with E-state index < -0.39 is 11.6 Å². The largest absolute Gasteiger partial charge is 0.441 e. The van der Waals surface area contributed by atoms with E-state index in [9.17, 15) is 13.6 Å². The number of anilines is 1. The number of amides is 1. The molecule has 1 N–H and O–H groups in total. The molecule has 0 saturated heterocycles. The number of para-hydroxylation sites is 2. The third-order valence-electron chi connectivity index (χ3n) is 4.74. The molecule has 0 aliphatic carbocycles. The Morgan fingerprint density at radius 2 is 1.84 bits per heavy atom. The normalized spacial score (nSPS) is 11.0. The minimum absolute atomic E-state index is 0.0131. The molecule has 6 nitrogen and oxygen atoms in total. The van der Waals surface area contributed by atoms with Gasteiger partial charge < -0.3 is 9.73 Å². The van der Waals surface area contributed by atoms with Crippen LogP contribution in [0.15, 0.2) is 59.1 Å². The summed E-state index contributed by atoms with van der Waals surface area (Å²) in [7, 11) is 0. The van der Waals surface area contributed by atoms with Crippen LogP contribution in [0.2, 0.25) is 0 Å². The molecular weight excluding hydrogens is 402 g/mol. The zero-order valence-electron chi connectivity index (χ0n) is 17.0. The highest BCUT2D eigenvalue weighted by Crippen LogP contribution is 2.27. The zero-order chi connectivity index (χ0) is 22.0. The van der Waals surface area contributed by atoms with Gasteiger partial charge >= 0.3 is 0 Å². The summed E-state index contributed by atoms with van der Waals surface area (Å²) < 4.78 is 35.1. The van der Waals surface area contributed by atoms with Crippen LogP contribution in [0, 0.1) is 25.5 Å². The van der Waals surface area contributed by atoms with Crippen LogP contribution in [0.25, 0.3) is 17.0 Å². The van der Waals surface area contributed by atoms with Gasteiger partial charge in [-0.3, -0.25) is 4.79 Å². The molecule has 0 aliphatic heterocycles. The number of nitrogens with one attached hydrogen (secondary N) is 1. The van der Waals surface area contributed by atoms with E-state index in [1.54, 1.807) is 10.7 Å². The van der Waals surface area contributed by atoms with E-state index in [4.69, 9.17) is 4.42 Å². The molecule has 158 valence electrons. The average molecular weight is 422 g/mol. The third kappa shape index (κ3) is 4.37. The van der Waals surface area contributed by atoms with Crippen LogP contribution < -0.4 is 5.32 Å². The third-order valence-corrected chi connectivity index (χ3v) is 4.74. The van der Waals surface area contributed by atoms with E-state index in [-0.39, 0.29) is 36.0 Å². The number of hydrogen-bond donors (Lipinski definition) is 1. The van der Waals surface area contributed by atoms with Gasteiger partial charge in [0.05, 0.1) is 28.8 Å². The lowest BCUT2D eigenvalue weighted by atomic mass is 10.1. The van der Waals surface area contributed by atoms with Crippen LogP contribution in [-0.4, -0.2) is 20.7 Å². The summed E-state index contributed by atoms with van der Waals surface area (Å²) in [5, 5.41) is 7.35. The van der Waals surface area contributed by atoms with Crippen molar-refractivity contribution in [2.75, 3.05) is 5.32 Å². The number of carbonyl (C=O) groups is 1. The molecule has 2 aromatic carbocycles. The van der Waals surface area contributed by atoms with Crippen molar-refractivity contribution >= 4 is 11.6 Å². The molecule has 8 heteroatoms. The Morgan fingerprint density at radius 1 is 1.10 bits per heavy atom. The van der Waals surface area contributed by atoms with Gasteiger partial charge in [0.15, 0.2) is 11.7 Å². The lowest BCUT2D eigenvalue weighted by Crippen LogP contribution is -2.15. The standard InChI is InChI=1S/C23H20F2N4O2/c1-14-12-15(2)29(28-14)19-9-4-3-8-18(19)27-21(30)10-11-22-26-13-20(31-22)23-16(24)6-5-7-17(23)25/h3-9,12-13H,10-11H2,1-2H3,(H,27,30). The molecule has 0 atom stereocenters. The minimum Gasteiger partial charge on any atom is -0.441 e. The van der Waals surface area contributed by atoms with Crippen molar-refractivity contribution in [3.05, 3.63) is 83.6 Å². The predicted molar refractivity (Wildman–Crippen MR) is 112 cm³/mol. The molecule has 0 unspecified atom stereocenters. The first-order valence-electron chi connectivity index (χ1n) is 9.74. The van der Waals surface area contributed by atoms with Crippen LogP contribution in [0.3, 0.4) is 0 Å². The Bertz CT molecular complexity index is 1230. The van der Waals surface area contributed by atoms with Crippen LogP contribution in [0.1, 0.15) is 23.7 Å². The van der Waals surface area contributed by atoms with Gasteiger partial charge in [0, 0.05) is 18.5 Å². The van der Waals surface area contributed by atoms with Crippen LogP contribution in [0.4, 0.5) is 14.5 Å². The molecule has 2 heterocycles. The molecule has 0 aliphatic rings. The van der Waals surface area contributed by atoms with Crippen molar-refractivity contribution < 1.29 is 18.0 Å². The summed E-state index contributed by atoms with van der Waals surface area (Å²) in [5.41, 5.74) is 2.94. The molecule has 1 amide bonds. The summed E-state index contributed by atoms with van der Waals surface area (Å²) >= 11 is 0. The first kappa shape index (κ1) is 20.5. The number of aryl methyl sites for hydroxylation is 3. The van der Waals surface area contributed by atoms with E-state index in [2.05, 4.69) is 15.4 Å². The smallest absolute Gasteiger partial charge is 0.224 e. The van der Waals surface area contributed by atoms with Gasteiger partial charge in [-0.1, -0.05) is 18.2 Å². The molecule has 4 aromatic rings. The van der Waals surface area contributed by atoms with Gasteiger partial charge in [-0.05, 0) is 44.2 Å². The van der Waals surface area contributed by atoms with Crippen molar-refractivity contribution in [1.29, 1.82) is 0 Å². The second-order valence-corrected chi connectivity index (χ2v) is 7.12. The number of halogens is 2. The van der Waals surface area contributed by atoms with Gasteiger partial charge in [0.1, 0.15) is 11.6 Å². The molecule has 0 radical (unpaired) electrons. The van der Waals surface area contributed by atoms with Crippen LogP contribution >= 0.6 is 0 Å². The van der Waals surface area contributed by atoms with E-state index >= 15 is 0 Å². The highest BCUT2D eigenvalue weighted by Gasteiger charge is 2.17. The fourth-order valence-electron chi connectivity index (χ4n) is 3.34. The van der Waals surface area contributed by atoms with Crippen LogP contribution in [-0.2, 0) is 11.2 Å². The number of rotatable bonds is 6. The number of carbonyl (C=O) groups excluding carboxylic acids is 1. The Kier molecular flexibility index (Phi) is 5.62. The van der Waals surface area contributed by atoms with Gasteiger partial charge in [0.25, 0.3) is 0 Å². The maximum Gasteiger partial charge on any atom is 0.224 e. The Labute approximate surface area is 177 Å². The second kappa shape index (κ2) is 8.51. The molecule has 31 heavy (non-hydrogen) atoms. The topological polar surface area (TPSA) is 73.0 Å². The summed E-state index contributed by atoms with van der Waals surface area (Å²) in [6, 6.07) is 12.9. The molecule has 4 rings (SSSR count). The van der Waals surface area contributed by atoms with Crippen molar-refractivity contribution in [1.82, 2.24) is 14.8 Å². The van der Waals surface area contributed by atoms with Gasteiger partial charge in [-0.2, -0.15) is 5.10 Å². The maximum atomic E-state index is 13.9. The van der Waals surface area contributed by atoms with E-state index in [0.717, 1.165) is 29.2 Å². The number of oxazole rings is 1. The number of aromatic nitrogens is 3. The molecule has 2 aromatic heterocycles. The van der Waals surface area contributed by atoms with Gasteiger partial charge in [-0.25, -0.2) is 18.4 Å². The molecule has 0 fully saturated rings. The van der Waals surface area contributed by atoms with Crippen molar-refractivity contribution in [2.24, 2.45) is 0 Å². The number of nitrogens with zero attached hydrogens (tertiary/aromatic N) is 3. The van der Waals surface area contributed by atoms with E-state index in [1.807, 2.05) is 38.1 Å². The van der Waals surface area contributed by atoms with E-state index in [1.165, 1.54) is 12.3 Å². The van der Waals surface area contributed by atoms with Gasteiger partial charge in [-0.15, -0.1) is 0 Å². The second-order valence-electron chi connectivity index (χ2n) is 7.12. The quantitative estimate of drug-likeness (QED) is 0.475. The maximum absolute atomic E-state index is 13.9. The molecule has 0 spiro atoms. The Morgan fingerprint density at radius 3 is 2.55 bits per heavy atom. The minimum atomic E-state index is -0.735. The van der Waals surface area contributed by atoms with Crippen molar-refractivity contribution in [3.8, 4) is 17.0 Å². The summed E-state index contributed by atoms with van der Waals surface area (Å²) in [4.78, 5) is 16.6. The van der Waals surface area contributed by atoms with Crippen molar-refractivity contribution in [2.45, 2.75) is 26.7 Å². The summed E-state index contributed by atoms with van der Waals surface area (Å²) in [5.74, 6) is -1.51. The SMILES string of the molecule is Cc1cc(C)n(-c2ccccc2NC(=O)CCc2ncc(-c3c(F)cccc3F)o2)n1. The Balaban J connectivity index is 1.45. The highest BCUT2D eigenvalue weighted by atomic mass is 19.1. The average Bonchev–Trinajstić information content (AvgIpc) is 3.32. The molecule has 0 saturated carbocycles.